The SMILES string of the molecule is CC(C)(C)C(=[OH+])C#Cc1ccccc1. The molecule has 0 unspecified atom stereocenters. The lowest BCUT2D eigenvalue weighted by Crippen LogP contribution is -2.18. The minimum atomic E-state index is -0.262. The van der Waals surface area contributed by atoms with Gasteiger partial charge in [0.15, 0.2) is 0 Å². The lowest BCUT2D eigenvalue weighted by atomic mass is 9.91. The van der Waals surface area contributed by atoms with Gasteiger partial charge in [0, 0.05) is 11.5 Å². The van der Waals surface area contributed by atoms with Crippen LogP contribution in [0.4, 0.5) is 0 Å². The minimum absolute atomic E-state index is 0.223. The monoisotopic (exact) mass is 187 g/mol. The molecule has 0 aliphatic heterocycles. The number of benzene rings is 1. The van der Waals surface area contributed by atoms with Crippen LogP contribution in [0.3, 0.4) is 0 Å². The van der Waals surface area contributed by atoms with Gasteiger partial charge in [-0.3, -0.25) is 4.79 Å². The maximum absolute atomic E-state index is 9.59. The highest BCUT2D eigenvalue weighted by atomic mass is 16.1. The van der Waals surface area contributed by atoms with Gasteiger partial charge in [-0.05, 0) is 32.9 Å². The fourth-order valence-corrected chi connectivity index (χ4v) is 0.840. The summed E-state index contributed by atoms with van der Waals surface area (Å²) in [6.45, 7) is 5.80. The Morgan fingerprint density at radius 2 is 1.71 bits per heavy atom. The number of rotatable bonds is 0. The summed E-state index contributed by atoms with van der Waals surface area (Å²) in [5.74, 6) is 5.90. The van der Waals surface area contributed by atoms with E-state index in [0.29, 0.717) is 0 Å². The zero-order valence-corrected chi connectivity index (χ0v) is 8.83. The average Bonchev–Trinajstić information content (AvgIpc) is 2.14. The second-order valence-electron chi connectivity index (χ2n) is 4.21. The summed E-state index contributed by atoms with van der Waals surface area (Å²) in [6, 6.07) is 9.64. The third-order valence-corrected chi connectivity index (χ3v) is 1.81. The van der Waals surface area contributed by atoms with Gasteiger partial charge in [0.1, 0.15) is 0 Å². The molecule has 0 spiro atoms. The fourth-order valence-electron chi connectivity index (χ4n) is 0.840. The van der Waals surface area contributed by atoms with Crippen LogP contribution >= 0.6 is 0 Å². The molecule has 0 atom stereocenters. The number of carbonyl (C=O) groups excluding carboxylic acids is 1. The molecule has 0 radical (unpaired) electrons. The molecular weight excluding hydrogens is 172 g/mol. The van der Waals surface area contributed by atoms with Gasteiger partial charge >= 0.3 is 5.78 Å². The Bertz CT molecular complexity index is 371. The van der Waals surface area contributed by atoms with Crippen LogP contribution in [-0.2, 0) is 0 Å². The molecule has 0 aromatic heterocycles. The van der Waals surface area contributed by atoms with E-state index in [-0.39, 0.29) is 11.2 Å². The molecule has 1 rings (SSSR count). The van der Waals surface area contributed by atoms with E-state index in [9.17, 15) is 4.79 Å². The Morgan fingerprint density at radius 1 is 1.14 bits per heavy atom. The molecule has 1 N–H and O–H groups in total. The summed E-state index contributed by atoms with van der Waals surface area (Å²) in [6.07, 6.45) is 0. The zero-order valence-electron chi connectivity index (χ0n) is 8.83. The van der Waals surface area contributed by atoms with Gasteiger partial charge in [0.05, 0.1) is 5.41 Å². The van der Waals surface area contributed by atoms with Crippen molar-refractivity contribution in [3.63, 3.8) is 0 Å². The van der Waals surface area contributed by atoms with E-state index in [0.717, 1.165) is 5.56 Å². The lowest BCUT2D eigenvalue weighted by Gasteiger charge is -2.05. The second kappa shape index (κ2) is 4.11. The molecule has 0 heterocycles. The van der Waals surface area contributed by atoms with E-state index in [1.807, 2.05) is 51.1 Å². The third kappa shape index (κ3) is 3.06. The number of hydrogen-bond acceptors (Lipinski definition) is 0. The summed E-state index contributed by atoms with van der Waals surface area (Å²) in [5, 5.41) is 0. The highest BCUT2D eigenvalue weighted by molar-refractivity contribution is 6.00. The molecule has 1 nitrogen and oxygen atoms in total. The summed E-state index contributed by atoms with van der Waals surface area (Å²) in [7, 11) is 0. The van der Waals surface area contributed by atoms with Crippen LogP contribution in [0.15, 0.2) is 30.3 Å². The molecule has 1 aromatic carbocycles. The Morgan fingerprint density at radius 3 is 2.21 bits per heavy atom. The van der Waals surface area contributed by atoms with Gasteiger partial charge in [-0.1, -0.05) is 24.1 Å². The summed E-state index contributed by atoms with van der Waals surface area (Å²) in [5.41, 5.74) is 0.658. The van der Waals surface area contributed by atoms with Gasteiger partial charge in [0.2, 0.25) is 0 Å². The minimum Gasteiger partial charge on any atom is -0.269 e. The van der Waals surface area contributed by atoms with Crippen molar-refractivity contribution in [1.82, 2.24) is 0 Å². The fraction of sp³-hybridized carbons (Fsp3) is 0.308. The molecule has 0 saturated carbocycles. The van der Waals surface area contributed by atoms with Crippen molar-refractivity contribution >= 4 is 5.78 Å². The first kappa shape index (κ1) is 10.5. The molecule has 72 valence electrons. The Labute approximate surface area is 85.1 Å². The third-order valence-electron chi connectivity index (χ3n) is 1.81. The smallest absolute Gasteiger partial charge is 0.269 e. The van der Waals surface area contributed by atoms with E-state index >= 15 is 0 Å². The van der Waals surface area contributed by atoms with Crippen molar-refractivity contribution in [2.45, 2.75) is 20.8 Å². The van der Waals surface area contributed by atoms with E-state index < -0.39 is 0 Å². The molecule has 0 saturated heterocycles. The zero-order chi connectivity index (χ0) is 10.6. The topological polar surface area (TPSA) is 21.4 Å². The van der Waals surface area contributed by atoms with Crippen LogP contribution in [0.2, 0.25) is 0 Å². The van der Waals surface area contributed by atoms with Crippen molar-refractivity contribution in [2.24, 2.45) is 5.41 Å². The van der Waals surface area contributed by atoms with Crippen molar-refractivity contribution in [3.8, 4) is 11.8 Å². The van der Waals surface area contributed by atoms with Gasteiger partial charge in [-0.2, -0.15) is 0 Å². The van der Waals surface area contributed by atoms with E-state index in [2.05, 4.69) is 11.8 Å². The van der Waals surface area contributed by atoms with E-state index in [1.165, 1.54) is 0 Å². The van der Waals surface area contributed by atoms with Crippen LogP contribution < -0.4 is 0 Å². The quantitative estimate of drug-likeness (QED) is 0.440. The maximum atomic E-state index is 9.59. The van der Waals surface area contributed by atoms with Crippen molar-refractivity contribution in [2.75, 3.05) is 0 Å². The molecule has 0 aliphatic rings. The predicted octanol–water partition coefficient (Wildman–Crippen LogP) is 2.63. The summed E-state index contributed by atoms with van der Waals surface area (Å²) >= 11 is 0. The van der Waals surface area contributed by atoms with Gasteiger partial charge < -0.3 is 0 Å². The highest BCUT2D eigenvalue weighted by Gasteiger charge is 2.25. The van der Waals surface area contributed by atoms with Gasteiger partial charge in [0.25, 0.3) is 0 Å². The molecule has 0 bridgehead atoms. The average molecular weight is 187 g/mol. The van der Waals surface area contributed by atoms with Crippen LogP contribution in [0.5, 0.6) is 0 Å². The Kier molecular flexibility index (Phi) is 3.09. The van der Waals surface area contributed by atoms with E-state index in [1.54, 1.807) is 0 Å². The standard InChI is InChI=1S/C13H14O/c1-13(2,3)12(14)10-9-11-7-5-4-6-8-11/h4-8H,1-3H3/p+1. The van der Waals surface area contributed by atoms with E-state index in [4.69, 9.17) is 0 Å². The van der Waals surface area contributed by atoms with Gasteiger partial charge in [-0.15, -0.1) is 0 Å². The largest absolute Gasteiger partial charge is 0.372 e. The molecule has 1 aromatic rings. The molecule has 0 fully saturated rings. The molecule has 0 amide bonds. The summed E-state index contributed by atoms with van der Waals surface area (Å²) < 4.78 is 0. The lowest BCUT2D eigenvalue weighted by molar-refractivity contribution is 0.523. The molecule has 1 heteroatoms. The maximum Gasteiger partial charge on any atom is 0.372 e. The molecule has 14 heavy (non-hydrogen) atoms. The van der Waals surface area contributed by atoms with Crippen LogP contribution in [-0.4, -0.2) is 10.6 Å². The van der Waals surface area contributed by atoms with Gasteiger partial charge in [-0.25, -0.2) is 0 Å². The van der Waals surface area contributed by atoms with Crippen molar-refractivity contribution < 1.29 is 4.79 Å². The van der Waals surface area contributed by atoms with Crippen LogP contribution in [0.1, 0.15) is 26.3 Å². The molecule has 0 aliphatic carbocycles. The van der Waals surface area contributed by atoms with Crippen molar-refractivity contribution in [3.05, 3.63) is 35.9 Å². The Balaban J connectivity index is 2.80. The first-order chi connectivity index (χ1) is 6.50. The van der Waals surface area contributed by atoms with Crippen LogP contribution in [0.25, 0.3) is 0 Å². The number of ketones is 1. The number of hydrogen-bond donors (Lipinski definition) is 0. The van der Waals surface area contributed by atoms with Crippen LogP contribution in [0, 0.1) is 17.3 Å². The second-order valence-corrected chi connectivity index (χ2v) is 4.21. The summed E-state index contributed by atoms with van der Waals surface area (Å²) in [4.78, 5) is 9.59. The first-order valence-corrected chi connectivity index (χ1v) is 4.63. The normalized spacial score (nSPS) is 10.2. The van der Waals surface area contributed by atoms with Crippen molar-refractivity contribution in [1.29, 1.82) is 0 Å². The first-order valence-electron chi connectivity index (χ1n) is 4.63. The Hall–Kier alpha value is -1.55. The highest BCUT2D eigenvalue weighted by Crippen LogP contribution is 2.13. The molecular formula is C13H15O+. The predicted molar refractivity (Wildman–Crippen MR) is 59.7 cm³/mol.